The summed E-state index contributed by atoms with van der Waals surface area (Å²) in [5.74, 6) is -0.0717. The fraction of sp³-hybridized carbons (Fsp3) is 0.826. The van der Waals surface area contributed by atoms with Crippen LogP contribution in [-0.4, -0.2) is 101 Å². The first kappa shape index (κ1) is 26.7. The van der Waals surface area contributed by atoms with Crippen molar-refractivity contribution >= 4 is 5.91 Å². The number of rotatable bonds is 5. The molecule has 184 valence electrons. The maximum absolute atomic E-state index is 12.2. The van der Waals surface area contributed by atoms with Gasteiger partial charge in [0.15, 0.2) is 0 Å². The van der Waals surface area contributed by atoms with E-state index in [1.165, 1.54) is 25.3 Å². The molecule has 1 aliphatic heterocycles. The van der Waals surface area contributed by atoms with Crippen molar-refractivity contribution in [2.24, 2.45) is 0 Å². The largest absolute Gasteiger partial charge is 0.388 e. The van der Waals surface area contributed by atoms with Crippen molar-refractivity contribution in [2.75, 3.05) is 46.5 Å². The van der Waals surface area contributed by atoms with Crippen LogP contribution in [0.4, 0.5) is 0 Å². The zero-order chi connectivity index (χ0) is 23.5. The fourth-order valence-electron chi connectivity index (χ4n) is 4.08. The van der Waals surface area contributed by atoms with Gasteiger partial charge in [0.05, 0.1) is 12.8 Å². The molecule has 0 aromatic carbocycles. The van der Waals surface area contributed by atoms with Gasteiger partial charge >= 0.3 is 0 Å². The van der Waals surface area contributed by atoms with Gasteiger partial charge in [-0.3, -0.25) is 14.4 Å². The molecular weight excluding hydrogens is 412 g/mol. The van der Waals surface area contributed by atoms with E-state index in [4.69, 9.17) is 9.47 Å². The first-order valence-corrected chi connectivity index (χ1v) is 11.8. The number of carbonyl (C=O) groups is 1. The zero-order valence-electron chi connectivity index (χ0n) is 20.2. The molecule has 1 aromatic rings. The number of hydrogen-bond acceptors (Lipinski definition) is 7. The standard InChI is InChI=1S/C23H42N4O5/c1-5-9-27-18(2)20(14-24-27)15-25-10-6-7-13-32-17-21(29)23(30)22(31-4)16-26(19(3)28)12-8-11-25/h14,21-23,29-30H,5-13,15-17H2,1-4H3/t21-,22-,23-/m0/s1. The summed E-state index contributed by atoms with van der Waals surface area (Å²) < 4.78 is 13.0. The lowest BCUT2D eigenvalue weighted by Crippen LogP contribution is -2.48. The summed E-state index contributed by atoms with van der Waals surface area (Å²) >= 11 is 0. The summed E-state index contributed by atoms with van der Waals surface area (Å²) in [6.07, 6.45) is 2.83. The van der Waals surface area contributed by atoms with Gasteiger partial charge in [0.1, 0.15) is 18.3 Å². The number of carbonyl (C=O) groups excluding carboxylic acids is 1. The maximum Gasteiger partial charge on any atom is 0.219 e. The lowest BCUT2D eigenvalue weighted by Gasteiger charge is -2.31. The van der Waals surface area contributed by atoms with E-state index in [1.54, 1.807) is 4.90 Å². The van der Waals surface area contributed by atoms with Crippen LogP contribution in [-0.2, 0) is 27.4 Å². The Morgan fingerprint density at radius 2 is 2.00 bits per heavy atom. The van der Waals surface area contributed by atoms with Crippen molar-refractivity contribution in [1.29, 1.82) is 0 Å². The molecule has 0 bridgehead atoms. The van der Waals surface area contributed by atoms with Gasteiger partial charge in [0.2, 0.25) is 5.91 Å². The molecule has 1 fully saturated rings. The predicted molar refractivity (Wildman–Crippen MR) is 122 cm³/mol. The van der Waals surface area contributed by atoms with Gasteiger partial charge in [-0.25, -0.2) is 0 Å². The lowest BCUT2D eigenvalue weighted by atomic mass is 10.1. The highest BCUT2D eigenvalue weighted by atomic mass is 16.5. The number of aryl methyl sites for hydroxylation is 1. The van der Waals surface area contributed by atoms with Crippen LogP contribution >= 0.6 is 0 Å². The highest BCUT2D eigenvalue weighted by Crippen LogP contribution is 2.14. The third-order valence-electron chi connectivity index (χ3n) is 6.16. The minimum atomic E-state index is -1.12. The van der Waals surface area contributed by atoms with Gasteiger partial charge in [0.25, 0.3) is 0 Å². The summed E-state index contributed by atoms with van der Waals surface area (Å²) in [6, 6.07) is 0. The van der Waals surface area contributed by atoms with Crippen LogP contribution in [0.15, 0.2) is 6.20 Å². The molecule has 0 radical (unpaired) electrons. The summed E-state index contributed by atoms with van der Waals surface area (Å²) in [4.78, 5) is 16.3. The SMILES string of the molecule is CCCn1ncc(CN2CCCCOC[C@H](O)[C@H](O)[C@@H](OC)CN(C(C)=O)CCC2)c1C. The predicted octanol–water partition coefficient (Wildman–Crippen LogP) is 1.19. The first-order chi connectivity index (χ1) is 15.4. The number of methoxy groups -OCH3 is 1. The molecule has 0 spiro atoms. The van der Waals surface area contributed by atoms with Crippen molar-refractivity contribution in [3.8, 4) is 0 Å². The van der Waals surface area contributed by atoms with E-state index in [-0.39, 0.29) is 19.1 Å². The Bertz CT molecular complexity index is 683. The normalized spacial score (nSPS) is 25.3. The Balaban J connectivity index is 2.08. The minimum Gasteiger partial charge on any atom is -0.388 e. The highest BCUT2D eigenvalue weighted by Gasteiger charge is 2.29. The van der Waals surface area contributed by atoms with E-state index in [2.05, 4.69) is 28.5 Å². The third-order valence-corrected chi connectivity index (χ3v) is 6.16. The molecule has 1 amide bonds. The first-order valence-electron chi connectivity index (χ1n) is 11.8. The molecule has 3 atom stereocenters. The minimum absolute atomic E-state index is 0.0423. The molecule has 2 heterocycles. The number of aliphatic hydroxyl groups excluding tert-OH is 2. The monoisotopic (exact) mass is 454 g/mol. The van der Waals surface area contributed by atoms with Crippen LogP contribution < -0.4 is 0 Å². The van der Waals surface area contributed by atoms with E-state index in [1.807, 2.05) is 6.20 Å². The topological polar surface area (TPSA) is 100 Å². The van der Waals surface area contributed by atoms with Crippen LogP contribution in [0.1, 0.15) is 50.8 Å². The van der Waals surface area contributed by atoms with Gasteiger partial charge < -0.3 is 24.6 Å². The number of ether oxygens (including phenoxy) is 2. The molecule has 1 saturated heterocycles. The second kappa shape index (κ2) is 13.9. The van der Waals surface area contributed by atoms with Crippen LogP contribution in [0.3, 0.4) is 0 Å². The van der Waals surface area contributed by atoms with Crippen molar-refractivity contribution < 1.29 is 24.5 Å². The highest BCUT2D eigenvalue weighted by molar-refractivity contribution is 5.73. The molecule has 1 aliphatic rings. The Labute approximate surface area is 192 Å². The van der Waals surface area contributed by atoms with Gasteiger partial charge in [-0.1, -0.05) is 6.92 Å². The van der Waals surface area contributed by atoms with Gasteiger partial charge in [0, 0.05) is 64.6 Å². The Morgan fingerprint density at radius 3 is 2.69 bits per heavy atom. The van der Waals surface area contributed by atoms with Crippen LogP contribution in [0.5, 0.6) is 0 Å². The Hall–Kier alpha value is -1.52. The quantitative estimate of drug-likeness (QED) is 0.689. The van der Waals surface area contributed by atoms with Gasteiger partial charge in [-0.15, -0.1) is 0 Å². The number of hydrogen-bond donors (Lipinski definition) is 2. The molecule has 32 heavy (non-hydrogen) atoms. The molecule has 1 aromatic heterocycles. The van der Waals surface area contributed by atoms with E-state index in [9.17, 15) is 15.0 Å². The molecule has 0 saturated carbocycles. The average Bonchev–Trinajstić information content (AvgIpc) is 3.10. The molecule has 9 heteroatoms. The van der Waals surface area contributed by atoms with Crippen LogP contribution in [0.2, 0.25) is 0 Å². The fourth-order valence-corrected chi connectivity index (χ4v) is 4.08. The molecule has 9 nitrogen and oxygen atoms in total. The second-order valence-electron chi connectivity index (χ2n) is 8.69. The molecule has 0 unspecified atom stereocenters. The number of aliphatic hydroxyl groups is 2. The van der Waals surface area contributed by atoms with Crippen molar-refractivity contribution in [3.63, 3.8) is 0 Å². The molecule has 2 N–H and O–H groups in total. The third kappa shape index (κ3) is 8.12. The number of aromatic nitrogens is 2. The van der Waals surface area contributed by atoms with Crippen molar-refractivity contribution in [1.82, 2.24) is 19.6 Å². The molecule has 2 rings (SSSR count). The maximum atomic E-state index is 12.2. The van der Waals surface area contributed by atoms with Crippen LogP contribution in [0.25, 0.3) is 0 Å². The van der Waals surface area contributed by atoms with E-state index < -0.39 is 18.3 Å². The smallest absolute Gasteiger partial charge is 0.219 e. The number of amides is 1. The summed E-state index contributed by atoms with van der Waals surface area (Å²) in [5, 5.41) is 25.3. The van der Waals surface area contributed by atoms with E-state index in [0.29, 0.717) is 13.2 Å². The lowest BCUT2D eigenvalue weighted by molar-refractivity contribution is -0.136. The second-order valence-corrected chi connectivity index (χ2v) is 8.69. The van der Waals surface area contributed by atoms with E-state index in [0.717, 1.165) is 51.9 Å². The number of nitrogens with zero attached hydrogens (tertiary/aromatic N) is 4. The average molecular weight is 455 g/mol. The van der Waals surface area contributed by atoms with E-state index >= 15 is 0 Å². The summed E-state index contributed by atoms with van der Waals surface area (Å²) in [7, 11) is 1.48. The van der Waals surface area contributed by atoms with Crippen LogP contribution in [0, 0.1) is 6.92 Å². The zero-order valence-corrected chi connectivity index (χ0v) is 20.2. The van der Waals surface area contributed by atoms with Gasteiger partial charge in [-0.05, 0) is 39.2 Å². The molecule has 0 aliphatic carbocycles. The Kier molecular flexibility index (Phi) is 11.6. The van der Waals surface area contributed by atoms with Crippen molar-refractivity contribution in [2.45, 2.75) is 77.9 Å². The van der Waals surface area contributed by atoms with Crippen molar-refractivity contribution in [3.05, 3.63) is 17.5 Å². The Morgan fingerprint density at radius 1 is 1.25 bits per heavy atom. The summed E-state index contributed by atoms with van der Waals surface area (Å²) in [5.41, 5.74) is 2.45. The van der Waals surface area contributed by atoms with Gasteiger partial charge in [-0.2, -0.15) is 5.10 Å². The molecular formula is C23H42N4O5. The summed E-state index contributed by atoms with van der Waals surface area (Å²) in [6.45, 7) is 10.7.